The Hall–Kier alpha value is -1.92. The fourth-order valence-corrected chi connectivity index (χ4v) is 4.45. The van der Waals surface area contributed by atoms with Crippen LogP contribution in [0.4, 0.5) is 5.69 Å². The Morgan fingerprint density at radius 3 is 2.79 bits per heavy atom. The van der Waals surface area contributed by atoms with Gasteiger partial charge in [0.05, 0.1) is 31.5 Å². The molecule has 6 heteroatoms. The number of aryl methyl sites for hydroxylation is 1. The molecular weight excluding hydrogens is 352 g/mol. The molecule has 0 radical (unpaired) electrons. The van der Waals surface area contributed by atoms with Crippen molar-refractivity contribution >= 4 is 16.7 Å². The van der Waals surface area contributed by atoms with E-state index in [4.69, 9.17) is 19.4 Å². The average Bonchev–Trinajstić information content (AvgIpc) is 3.17. The number of nitrogens with zero attached hydrogens (tertiary/aromatic N) is 3. The Kier molecular flexibility index (Phi) is 5.07. The Labute approximate surface area is 166 Å². The molecule has 28 heavy (non-hydrogen) atoms. The van der Waals surface area contributed by atoms with Gasteiger partial charge in [-0.3, -0.25) is 4.98 Å². The van der Waals surface area contributed by atoms with Crippen LogP contribution in [-0.4, -0.2) is 54.3 Å². The summed E-state index contributed by atoms with van der Waals surface area (Å²) in [5.74, 6) is 0.660. The van der Waals surface area contributed by atoms with Crippen molar-refractivity contribution in [1.29, 1.82) is 0 Å². The SMILES string of the molecule is COc1nc2c(NC3CC3)c3c(nc2cc1COCCN1CCCC1)CCC3. The van der Waals surface area contributed by atoms with E-state index in [9.17, 15) is 0 Å². The zero-order valence-corrected chi connectivity index (χ0v) is 16.8. The van der Waals surface area contributed by atoms with E-state index in [-0.39, 0.29) is 0 Å². The van der Waals surface area contributed by atoms with Gasteiger partial charge in [0, 0.05) is 23.8 Å². The van der Waals surface area contributed by atoms with Crippen molar-refractivity contribution in [2.45, 2.75) is 57.6 Å². The number of pyridine rings is 2. The van der Waals surface area contributed by atoms with Crippen LogP contribution in [0.5, 0.6) is 5.88 Å². The van der Waals surface area contributed by atoms with Crippen LogP contribution in [0, 0.1) is 0 Å². The predicted molar refractivity (Wildman–Crippen MR) is 110 cm³/mol. The maximum absolute atomic E-state index is 5.97. The minimum absolute atomic E-state index is 0.518. The summed E-state index contributed by atoms with van der Waals surface area (Å²) in [7, 11) is 1.69. The molecule has 150 valence electrons. The second-order valence-electron chi connectivity index (χ2n) is 8.31. The molecule has 2 aromatic heterocycles. The average molecular weight is 383 g/mol. The molecule has 0 spiro atoms. The van der Waals surface area contributed by atoms with Crippen LogP contribution in [-0.2, 0) is 24.2 Å². The standard InChI is InChI=1S/C22H30N4O2/c1-27-22-15(14-28-12-11-26-9-2-3-10-26)13-19-21(25-22)20(23-16-7-8-16)17-5-4-6-18(17)24-19/h13,16H,2-12,14H2,1H3,(H,23,24). The number of anilines is 1. The highest BCUT2D eigenvalue weighted by Gasteiger charge is 2.27. The highest BCUT2D eigenvalue weighted by molar-refractivity contribution is 5.91. The summed E-state index contributed by atoms with van der Waals surface area (Å²) in [6.45, 7) is 4.67. The van der Waals surface area contributed by atoms with E-state index in [0.717, 1.165) is 42.6 Å². The molecule has 3 aliphatic rings. The van der Waals surface area contributed by atoms with Gasteiger partial charge in [-0.2, -0.15) is 0 Å². The third-order valence-corrected chi connectivity index (χ3v) is 6.15. The maximum atomic E-state index is 5.97. The first-order chi connectivity index (χ1) is 13.8. The highest BCUT2D eigenvalue weighted by atomic mass is 16.5. The fraction of sp³-hybridized carbons (Fsp3) is 0.636. The summed E-state index contributed by atoms with van der Waals surface area (Å²) in [5.41, 5.74) is 6.69. The van der Waals surface area contributed by atoms with E-state index in [1.807, 2.05) is 0 Å². The number of aromatic nitrogens is 2. The first-order valence-corrected chi connectivity index (χ1v) is 10.8. The van der Waals surface area contributed by atoms with Crippen molar-refractivity contribution in [2.75, 3.05) is 38.7 Å². The van der Waals surface area contributed by atoms with Crippen LogP contribution in [0.15, 0.2) is 6.07 Å². The third kappa shape index (κ3) is 3.67. The quantitative estimate of drug-likeness (QED) is 0.707. The molecule has 1 saturated carbocycles. The van der Waals surface area contributed by atoms with E-state index in [1.54, 1.807) is 7.11 Å². The van der Waals surface area contributed by atoms with Crippen LogP contribution >= 0.6 is 0 Å². The van der Waals surface area contributed by atoms with Crippen LogP contribution < -0.4 is 10.1 Å². The lowest BCUT2D eigenvalue weighted by molar-refractivity contribution is 0.0975. The normalized spacial score (nSPS) is 19.3. The third-order valence-electron chi connectivity index (χ3n) is 6.15. The molecule has 2 fully saturated rings. The van der Waals surface area contributed by atoms with Crippen LogP contribution in [0.3, 0.4) is 0 Å². The summed E-state index contributed by atoms with van der Waals surface area (Å²) in [6.07, 6.45) is 8.47. The second-order valence-corrected chi connectivity index (χ2v) is 8.31. The van der Waals surface area contributed by atoms with E-state index >= 15 is 0 Å². The van der Waals surface area contributed by atoms with Crippen molar-refractivity contribution in [3.05, 3.63) is 22.9 Å². The number of likely N-dealkylation sites (tertiary alicyclic amines) is 1. The molecule has 3 heterocycles. The topological polar surface area (TPSA) is 59.5 Å². The summed E-state index contributed by atoms with van der Waals surface area (Å²) >= 11 is 0. The highest BCUT2D eigenvalue weighted by Crippen LogP contribution is 2.38. The van der Waals surface area contributed by atoms with E-state index < -0.39 is 0 Å². The van der Waals surface area contributed by atoms with E-state index in [0.29, 0.717) is 18.5 Å². The van der Waals surface area contributed by atoms with Gasteiger partial charge in [-0.25, -0.2) is 4.98 Å². The molecule has 0 amide bonds. The Morgan fingerprint density at radius 1 is 1.14 bits per heavy atom. The molecule has 2 aromatic rings. The zero-order chi connectivity index (χ0) is 18.9. The van der Waals surface area contributed by atoms with Crippen LogP contribution in [0.1, 0.15) is 48.9 Å². The largest absolute Gasteiger partial charge is 0.481 e. The van der Waals surface area contributed by atoms with Gasteiger partial charge in [0.2, 0.25) is 5.88 Å². The fourth-order valence-electron chi connectivity index (χ4n) is 4.45. The number of methoxy groups -OCH3 is 1. The number of fused-ring (bicyclic) bond motifs is 2. The molecule has 0 unspecified atom stereocenters. The molecular formula is C22H30N4O2. The molecule has 1 N–H and O–H groups in total. The van der Waals surface area contributed by atoms with E-state index in [2.05, 4.69) is 16.3 Å². The molecule has 2 aliphatic carbocycles. The number of ether oxygens (including phenoxy) is 2. The van der Waals surface area contributed by atoms with Gasteiger partial charge in [-0.05, 0) is 69.7 Å². The van der Waals surface area contributed by atoms with Crippen LogP contribution in [0.25, 0.3) is 11.0 Å². The van der Waals surface area contributed by atoms with Crippen molar-refractivity contribution in [3.8, 4) is 5.88 Å². The van der Waals surface area contributed by atoms with Crippen molar-refractivity contribution in [3.63, 3.8) is 0 Å². The van der Waals surface area contributed by atoms with Crippen molar-refractivity contribution in [2.24, 2.45) is 0 Å². The summed E-state index contributed by atoms with van der Waals surface area (Å²) in [6, 6.07) is 2.71. The summed E-state index contributed by atoms with van der Waals surface area (Å²) in [4.78, 5) is 12.3. The first-order valence-electron chi connectivity index (χ1n) is 10.8. The minimum Gasteiger partial charge on any atom is -0.481 e. The van der Waals surface area contributed by atoms with Crippen molar-refractivity contribution in [1.82, 2.24) is 14.9 Å². The first kappa shape index (κ1) is 18.1. The molecule has 5 rings (SSSR count). The van der Waals surface area contributed by atoms with Gasteiger partial charge in [0.1, 0.15) is 5.52 Å². The lowest BCUT2D eigenvalue weighted by Gasteiger charge is -2.17. The Balaban J connectivity index is 1.39. The molecule has 1 saturated heterocycles. The molecule has 1 aliphatic heterocycles. The number of hydrogen-bond donors (Lipinski definition) is 1. The molecule has 6 nitrogen and oxygen atoms in total. The second kappa shape index (κ2) is 7.84. The Bertz CT molecular complexity index is 859. The minimum atomic E-state index is 0.518. The van der Waals surface area contributed by atoms with Crippen LogP contribution in [0.2, 0.25) is 0 Å². The monoisotopic (exact) mass is 382 g/mol. The zero-order valence-electron chi connectivity index (χ0n) is 16.8. The van der Waals surface area contributed by atoms with Gasteiger partial charge in [0.15, 0.2) is 0 Å². The van der Waals surface area contributed by atoms with Crippen molar-refractivity contribution < 1.29 is 9.47 Å². The van der Waals surface area contributed by atoms with Gasteiger partial charge >= 0.3 is 0 Å². The van der Waals surface area contributed by atoms with Gasteiger partial charge in [-0.1, -0.05) is 0 Å². The summed E-state index contributed by atoms with van der Waals surface area (Å²) in [5, 5.41) is 3.72. The maximum Gasteiger partial charge on any atom is 0.219 e. The number of nitrogens with one attached hydrogen (secondary N) is 1. The number of rotatable bonds is 8. The lowest BCUT2D eigenvalue weighted by atomic mass is 10.1. The van der Waals surface area contributed by atoms with Gasteiger partial charge in [-0.15, -0.1) is 0 Å². The molecule has 0 bridgehead atoms. The lowest BCUT2D eigenvalue weighted by Crippen LogP contribution is -2.24. The molecule has 0 atom stereocenters. The van der Waals surface area contributed by atoms with E-state index in [1.165, 1.54) is 62.1 Å². The summed E-state index contributed by atoms with van der Waals surface area (Å²) < 4.78 is 11.6. The van der Waals surface area contributed by atoms with Gasteiger partial charge in [0.25, 0.3) is 0 Å². The van der Waals surface area contributed by atoms with Gasteiger partial charge < -0.3 is 19.7 Å². The molecule has 0 aromatic carbocycles. The smallest absolute Gasteiger partial charge is 0.219 e. The number of hydrogen-bond acceptors (Lipinski definition) is 6. The Morgan fingerprint density at radius 2 is 2.00 bits per heavy atom. The predicted octanol–water partition coefficient (Wildman–Crippen LogP) is 3.31.